The number of hydrogen-bond acceptors (Lipinski definition) is 5. The SMILES string of the molecule is C=CC=NCc1ccc2c(c1)c1cc3c4c(c1n2-c1ccccn1)CCc1cc2c5cc(C(N=CC=C)=NC)ccc5n(-c5ccccn5)c2c(c1-4)CC3.C=N. The maximum Gasteiger partial charge on any atom is 0.154 e. The molecule has 0 saturated heterocycles. The van der Waals surface area contributed by atoms with Crippen molar-refractivity contribution in [1.29, 1.82) is 5.41 Å². The van der Waals surface area contributed by atoms with Crippen LogP contribution in [-0.4, -0.2) is 51.1 Å². The summed E-state index contributed by atoms with van der Waals surface area (Å²) in [4.78, 5) is 23.5. The van der Waals surface area contributed by atoms with Crippen molar-refractivity contribution >= 4 is 68.6 Å². The molecule has 1 N–H and O–H groups in total. The molecular weight excluding hydrogens is 689 g/mol. The lowest BCUT2D eigenvalue weighted by atomic mass is 9.74. The first-order chi connectivity index (χ1) is 27.7. The van der Waals surface area contributed by atoms with Gasteiger partial charge in [0.15, 0.2) is 5.84 Å². The summed E-state index contributed by atoms with van der Waals surface area (Å²) >= 11 is 0. The highest BCUT2D eigenvalue weighted by Crippen LogP contribution is 2.51. The van der Waals surface area contributed by atoms with Gasteiger partial charge in [0.1, 0.15) is 11.6 Å². The first-order valence-electron chi connectivity index (χ1n) is 18.8. The number of aryl methyl sites for hydroxylation is 4. The van der Waals surface area contributed by atoms with Crippen LogP contribution in [0.25, 0.3) is 66.4 Å². The van der Waals surface area contributed by atoms with E-state index in [4.69, 9.17) is 15.4 Å². The van der Waals surface area contributed by atoms with E-state index in [0.717, 1.165) is 48.4 Å². The molecule has 2 aliphatic rings. The minimum atomic E-state index is 0.614. The quantitative estimate of drug-likeness (QED) is 0.131. The fourth-order valence-corrected chi connectivity index (χ4v) is 9.01. The van der Waals surface area contributed by atoms with E-state index in [1.165, 1.54) is 77.0 Å². The van der Waals surface area contributed by atoms with Gasteiger partial charge < -0.3 is 5.41 Å². The highest BCUT2D eigenvalue weighted by Gasteiger charge is 2.33. The Morgan fingerprint density at radius 2 is 1.25 bits per heavy atom. The van der Waals surface area contributed by atoms with Crippen LogP contribution in [0.3, 0.4) is 0 Å². The summed E-state index contributed by atoms with van der Waals surface area (Å²) in [7, 11) is 1.79. The molecule has 8 nitrogen and oxygen atoms in total. The second kappa shape index (κ2) is 14.3. The molecule has 0 amide bonds. The predicted octanol–water partition coefficient (Wildman–Crippen LogP) is 10.2. The summed E-state index contributed by atoms with van der Waals surface area (Å²) in [5.41, 5.74) is 15.4. The third-order valence-corrected chi connectivity index (χ3v) is 11.1. The number of nitrogens with one attached hydrogen (secondary N) is 1. The van der Waals surface area contributed by atoms with Gasteiger partial charge in [0.25, 0.3) is 0 Å². The lowest BCUT2D eigenvalue weighted by Gasteiger charge is -2.31. The number of allylic oxidation sites excluding steroid dienone is 2. The lowest BCUT2D eigenvalue weighted by molar-refractivity contribution is 0.881. The average Bonchev–Trinajstić information content (AvgIpc) is 3.76. The zero-order chi connectivity index (χ0) is 38.3. The highest BCUT2D eigenvalue weighted by atomic mass is 15.1. The van der Waals surface area contributed by atoms with Gasteiger partial charge in [0.2, 0.25) is 0 Å². The average molecular weight is 729 g/mol. The lowest BCUT2D eigenvalue weighted by Crippen LogP contribution is -2.16. The van der Waals surface area contributed by atoms with Crippen LogP contribution >= 0.6 is 0 Å². The number of fused-ring (bicyclic) bond motifs is 8. The first-order valence-corrected chi connectivity index (χ1v) is 18.8. The van der Waals surface area contributed by atoms with Crippen LogP contribution < -0.4 is 0 Å². The van der Waals surface area contributed by atoms with Crippen molar-refractivity contribution in [1.82, 2.24) is 19.1 Å². The van der Waals surface area contributed by atoms with E-state index in [9.17, 15) is 0 Å². The van der Waals surface area contributed by atoms with Gasteiger partial charge in [-0.05, 0) is 138 Å². The molecule has 0 atom stereocenters. The number of rotatable bonds is 7. The van der Waals surface area contributed by atoms with Crippen LogP contribution in [0.4, 0.5) is 0 Å². The van der Waals surface area contributed by atoms with E-state index in [1.54, 1.807) is 31.6 Å². The van der Waals surface area contributed by atoms with Crippen LogP contribution in [0, 0.1) is 5.41 Å². The number of amidine groups is 1. The summed E-state index contributed by atoms with van der Waals surface area (Å²) in [6.45, 7) is 10.7. The Morgan fingerprint density at radius 3 is 1.79 bits per heavy atom. The Kier molecular flexibility index (Phi) is 8.86. The molecular formula is C48H40N8. The van der Waals surface area contributed by atoms with E-state index >= 15 is 0 Å². The summed E-state index contributed by atoms with van der Waals surface area (Å²) in [6, 6.07) is 30.6. The molecule has 2 aliphatic carbocycles. The van der Waals surface area contributed by atoms with Crippen LogP contribution in [-0.2, 0) is 32.2 Å². The number of nitrogens with zero attached hydrogens (tertiary/aromatic N) is 7. The van der Waals surface area contributed by atoms with Gasteiger partial charge in [-0.2, -0.15) is 0 Å². The van der Waals surface area contributed by atoms with Gasteiger partial charge in [-0.1, -0.05) is 43.5 Å². The van der Waals surface area contributed by atoms with Gasteiger partial charge in [0, 0.05) is 59.0 Å². The Morgan fingerprint density at radius 1 is 0.679 bits per heavy atom. The Hall–Kier alpha value is -7.06. The maximum absolute atomic E-state index is 5.50. The zero-order valence-electron chi connectivity index (χ0n) is 31.3. The van der Waals surface area contributed by atoms with E-state index in [-0.39, 0.29) is 0 Å². The summed E-state index contributed by atoms with van der Waals surface area (Å²) < 4.78 is 4.77. The number of benzene rings is 4. The highest BCUT2D eigenvalue weighted by molar-refractivity contribution is 6.17. The Labute approximate surface area is 325 Å². The van der Waals surface area contributed by atoms with Gasteiger partial charge in [-0.3, -0.25) is 19.1 Å². The van der Waals surface area contributed by atoms with Gasteiger partial charge in [-0.25, -0.2) is 15.0 Å². The summed E-state index contributed by atoms with van der Waals surface area (Å²) in [6.07, 6.45) is 14.5. The van der Waals surface area contributed by atoms with Crippen LogP contribution in [0.5, 0.6) is 0 Å². The fraction of sp³-hybridized carbons (Fsp3) is 0.125. The standard InChI is InChI=1S/C47H37N7.CH3N/c1-4-20-49-28-29-12-18-39-35(24-29)37-25-30-13-17-34-44-31(14-16-33(43(30)44)45(37)53(39)41-10-6-8-22-50-41)26-38-36-27-32(47(48-3)52-21-5-2)15-19-40(36)54(46(34)38)42-11-7-9-23-51-42;1-2/h4-12,15,18-27H,1-2,13-14,16-17,28H2,3H3;2H,1H2. The number of aromatic nitrogens is 4. The summed E-state index contributed by atoms with van der Waals surface area (Å²) in [5, 5.41) is 10.5. The molecule has 10 rings (SSSR count). The van der Waals surface area contributed by atoms with Crippen molar-refractivity contribution in [2.24, 2.45) is 15.0 Å². The third-order valence-electron chi connectivity index (χ3n) is 11.1. The molecule has 8 aromatic rings. The molecule has 0 radical (unpaired) electrons. The van der Waals surface area contributed by atoms with Crippen molar-refractivity contribution in [2.45, 2.75) is 32.2 Å². The van der Waals surface area contributed by atoms with Gasteiger partial charge >= 0.3 is 0 Å². The second-order valence-electron chi connectivity index (χ2n) is 14.0. The molecule has 4 aromatic carbocycles. The van der Waals surface area contributed by atoms with Crippen molar-refractivity contribution in [2.75, 3.05) is 7.05 Å². The minimum Gasteiger partial charge on any atom is -0.317 e. The maximum atomic E-state index is 5.50. The monoisotopic (exact) mass is 728 g/mol. The zero-order valence-corrected chi connectivity index (χ0v) is 31.3. The van der Waals surface area contributed by atoms with Crippen molar-refractivity contribution in [3.05, 3.63) is 156 Å². The van der Waals surface area contributed by atoms with Crippen LogP contribution in [0.2, 0.25) is 0 Å². The van der Waals surface area contributed by atoms with Crippen molar-refractivity contribution in [3.8, 4) is 22.8 Å². The molecule has 8 heteroatoms. The molecule has 0 saturated carbocycles. The molecule has 0 bridgehead atoms. The smallest absolute Gasteiger partial charge is 0.154 e. The van der Waals surface area contributed by atoms with E-state index in [0.29, 0.717) is 12.4 Å². The predicted molar refractivity (Wildman–Crippen MR) is 234 cm³/mol. The molecule has 272 valence electrons. The summed E-state index contributed by atoms with van der Waals surface area (Å²) in [5.74, 6) is 2.52. The molecule has 0 spiro atoms. The first kappa shape index (κ1) is 34.7. The Bertz CT molecular complexity index is 2960. The largest absolute Gasteiger partial charge is 0.317 e. The third kappa shape index (κ3) is 5.36. The topological polar surface area (TPSA) is 96.6 Å². The molecule has 0 unspecified atom stereocenters. The molecule has 4 aromatic heterocycles. The fourth-order valence-electron chi connectivity index (χ4n) is 9.01. The number of hydrogen-bond donors (Lipinski definition) is 1. The van der Waals surface area contributed by atoms with Crippen LogP contribution in [0.15, 0.2) is 138 Å². The minimum absolute atomic E-state index is 0.614. The molecule has 0 aliphatic heterocycles. The molecule has 4 heterocycles. The van der Waals surface area contributed by atoms with Gasteiger partial charge in [-0.15, -0.1) is 0 Å². The second-order valence-corrected chi connectivity index (χ2v) is 14.0. The van der Waals surface area contributed by atoms with E-state index in [2.05, 4.69) is 117 Å². The Balaban J connectivity index is 0.00000202. The van der Waals surface area contributed by atoms with E-state index in [1.807, 2.05) is 24.5 Å². The number of pyridine rings is 2. The van der Waals surface area contributed by atoms with Crippen molar-refractivity contribution in [3.63, 3.8) is 0 Å². The van der Waals surface area contributed by atoms with Gasteiger partial charge in [0.05, 0.1) is 28.6 Å². The van der Waals surface area contributed by atoms with Crippen molar-refractivity contribution < 1.29 is 0 Å². The normalized spacial score (nSPS) is 13.5. The number of aliphatic imine (C=N–C) groups is 3. The van der Waals surface area contributed by atoms with Crippen LogP contribution in [0.1, 0.15) is 33.4 Å². The molecule has 56 heavy (non-hydrogen) atoms. The molecule has 0 fully saturated rings. The van der Waals surface area contributed by atoms with E-state index < -0.39 is 0 Å².